The molecule has 1 aromatic heterocycles. The Bertz CT molecular complexity index is 1480. The Labute approximate surface area is 203 Å². The summed E-state index contributed by atoms with van der Waals surface area (Å²) in [5, 5.41) is 11.4. The zero-order valence-corrected chi connectivity index (χ0v) is 19.5. The van der Waals surface area contributed by atoms with E-state index in [1.54, 1.807) is 48.5 Å². The highest BCUT2D eigenvalue weighted by Crippen LogP contribution is 2.44. The van der Waals surface area contributed by atoms with Crippen LogP contribution in [0.3, 0.4) is 0 Å². The van der Waals surface area contributed by atoms with Crippen LogP contribution in [0.1, 0.15) is 17.2 Å². The molecule has 0 saturated carbocycles. The van der Waals surface area contributed by atoms with Crippen LogP contribution in [0, 0.1) is 5.82 Å². The van der Waals surface area contributed by atoms with Gasteiger partial charge in [0.2, 0.25) is 0 Å². The van der Waals surface area contributed by atoms with E-state index in [0.29, 0.717) is 32.8 Å². The number of amides is 1. The zero-order valence-electron chi connectivity index (χ0n) is 18.7. The van der Waals surface area contributed by atoms with Gasteiger partial charge in [0.05, 0.1) is 36.1 Å². The quantitative estimate of drug-likeness (QED) is 0.239. The maximum Gasteiger partial charge on any atom is 0.301 e. The third kappa shape index (κ3) is 3.89. The van der Waals surface area contributed by atoms with Crippen LogP contribution >= 0.6 is 11.3 Å². The predicted octanol–water partition coefficient (Wildman–Crippen LogP) is 5.08. The lowest BCUT2D eigenvalue weighted by molar-refractivity contribution is -0.132. The standard InChI is InChI=1S/C26H19FN2O5S/c1-33-17-8-3-14(4-9-17)22-21(23(30)15-5-10-18(34-2)11-6-15)24(31)25(32)29(22)26-28-19-12-7-16(27)13-20(19)35-26/h3-13,22,30H,1-2H3/b23-21+. The van der Waals surface area contributed by atoms with Crippen molar-refractivity contribution in [2.45, 2.75) is 6.04 Å². The van der Waals surface area contributed by atoms with Crippen molar-refractivity contribution in [3.63, 3.8) is 0 Å². The van der Waals surface area contributed by atoms with Crippen molar-refractivity contribution >= 4 is 44.1 Å². The summed E-state index contributed by atoms with van der Waals surface area (Å²) in [6, 6.07) is 16.5. The summed E-state index contributed by atoms with van der Waals surface area (Å²) in [6.07, 6.45) is 0. The number of aliphatic hydroxyl groups is 1. The molecule has 4 aromatic rings. The molecule has 0 spiro atoms. The first-order valence-electron chi connectivity index (χ1n) is 10.6. The van der Waals surface area contributed by atoms with Crippen LogP contribution in [0.4, 0.5) is 9.52 Å². The summed E-state index contributed by atoms with van der Waals surface area (Å²) >= 11 is 1.09. The number of ketones is 1. The summed E-state index contributed by atoms with van der Waals surface area (Å²) in [4.78, 5) is 32.3. The van der Waals surface area contributed by atoms with E-state index in [2.05, 4.69) is 4.98 Å². The van der Waals surface area contributed by atoms with Crippen molar-refractivity contribution in [1.82, 2.24) is 4.98 Å². The number of benzene rings is 3. The fourth-order valence-electron chi connectivity index (χ4n) is 4.03. The van der Waals surface area contributed by atoms with E-state index in [0.717, 1.165) is 11.3 Å². The Morgan fingerprint density at radius 2 is 1.60 bits per heavy atom. The molecule has 1 N–H and O–H groups in total. The molecule has 0 bridgehead atoms. The van der Waals surface area contributed by atoms with E-state index in [-0.39, 0.29) is 16.5 Å². The number of aromatic nitrogens is 1. The van der Waals surface area contributed by atoms with Crippen LogP contribution in [-0.2, 0) is 9.59 Å². The molecular formula is C26H19FN2O5S. The minimum Gasteiger partial charge on any atom is -0.507 e. The second-order valence-electron chi connectivity index (χ2n) is 7.78. The van der Waals surface area contributed by atoms with Crippen LogP contribution < -0.4 is 14.4 Å². The van der Waals surface area contributed by atoms with Gasteiger partial charge in [-0.2, -0.15) is 0 Å². The summed E-state index contributed by atoms with van der Waals surface area (Å²) in [5.41, 5.74) is 1.35. The fraction of sp³-hybridized carbons (Fsp3) is 0.115. The van der Waals surface area contributed by atoms with E-state index in [1.807, 2.05) is 0 Å². The number of Topliss-reactive ketones (excluding diaryl/α,β-unsaturated/α-hetero) is 1. The first-order chi connectivity index (χ1) is 16.9. The van der Waals surface area contributed by atoms with Gasteiger partial charge in [-0.1, -0.05) is 23.5 Å². The molecule has 176 valence electrons. The normalized spacial score (nSPS) is 17.2. The number of fused-ring (bicyclic) bond motifs is 1. The molecule has 1 fully saturated rings. The monoisotopic (exact) mass is 490 g/mol. The molecule has 7 nitrogen and oxygen atoms in total. The van der Waals surface area contributed by atoms with Crippen molar-refractivity contribution in [3.05, 3.63) is 89.2 Å². The highest BCUT2D eigenvalue weighted by molar-refractivity contribution is 7.22. The molecule has 5 rings (SSSR count). The highest BCUT2D eigenvalue weighted by atomic mass is 32.1. The number of methoxy groups -OCH3 is 2. The third-order valence-electron chi connectivity index (χ3n) is 5.78. The van der Waals surface area contributed by atoms with E-state index in [1.165, 1.54) is 37.3 Å². The first-order valence-corrected chi connectivity index (χ1v) is 11.4. The van der Waals surface area contributed by atoms with Gasteiger partial charge in [0.15, 0.2) is 5.13 Å². The number of ether oxygens (including phenoxy) is 2. The molecule has 0 aliphatic carbocycles. The van der Waals surface area contributed by atoms with Crippen LogP contribution in [-0.4, -0.2) is 36.0 Å². The second kappa shape index (κ2) is 8.84. The number of anilines is 1. The van der Waals surface area contributed by atoms with Crippen LogP contribution in [0.5, 0.6) is 11.5 Å². The molecule has 0 radical (unpaired) electrons. The molecule has 1 unspecified atom stereocenters. The minimum absolute atomic E-state index is 0.0734. The number of rotatable bonds is 5. The number of nitrogens with zero attached hydrogens (tertiary/aromatic N) is 2. The van der Waals surface area contributed by atoms with Crippen molar-refractivity contribution in [2.24, 2.45) is 0 Å². The Hall–Kier alpha value is -4.24. The smallest absolute Gasteiger partial charge is 0.301 e. The van der Waals surface area contributed by atoms with Crippen LogP contribution in [0.2, 0.25) is 0 Å². The van der Waals surface area contributed by atoms with Crippen molar-refractivity contribution in [2.75, 3.05) is 19.1 Å². The SMILES string of the molecule is COc1ccc(/C(O)=C2\C(=O)C(=O)N(c3nc4ccc(F)cc4s3)C2c2ccc(OC)cc2)cc1. The van der Waals surface area contributed by atoms with Gasteiger partial charge in [-0.25, -0.2) is 9.37 Å². The molecule has 2 heterocycles. The summed E-state index contributed by atoms with van der Waals surface area (Å²) in [6.45, 7) is 0. The largest absolute Gasteiger partial charge is 0.507 e. The number of aliphatic hydroxyl groups excluding tert-OH is 1. The molecular weight excluding hydrogens is 471 g/mol. The van der Waals surface area contributed by atoms with Gasteiger partial charge in [0.1, 0.15) is 23.1 Å². The Kier molecular flexibility index (Phi) is 5.70. The van der Waals surface area contributed by atoms with E-state index in [9.17, 15) is 19.1 Å². The number of carbonyl (C=O) groups excluding carboxylic acids is 2. The Morgan fingerprint density at radius 3 is 2.23 bits per heavy atom. The van der Waals surface area contributed by atoms with Gasteiger partial charge >= 0.3 is 5.91 Å². The third-order valence-corrected chi connectivity index (χ3v) is 6.80. The number of halogens is 1. The maximum atomic E-state index is 13.8. The molecule has 1 amide bonds. The lowest BCUT2D eigenvalue weighted by atomic mass is 9.95. The highest BCUT2D eigenvalue weighted by Gasteiger charge is 2.48. The average molecular weight is 491 g/mol. The van der Waals surface area contributed by atoms with Gasteiger partial charge in [-0.3, -0.25) is 14.5 Å². The number of hydrogen-bond donors (Lipinski definition) is 1. The topological polar surface area (TPSA) is 89.0 Å². The predicted molar refractivity (Wildman–Crippen MR) is 130 cm³/mol. The summed E-state index contributed by atoms with van der Waals surface area (Å²) in [5.74, 6) is -1.25. The molecule has 1 atom stereocenters. The van der Waals surface area contributed by atoms with Gasteiger partial charge in [0.25, 0.3) is 5.78 Å². The summed E-state index contributed by atoms with van der Waals surface area (Å²) < 4.78 is 24.7. The Morgan fingerprint density at radius 1 is 0.971 bits per heavy atom. The Balaban J connectivity index is 1.70. The van der Waals surface area contributed by atoms with E-state index in [4.69, 9.17) is 9.47 Å². The number of hydrogen-bond acceptors (Lipinski definition) is 7. The van der Waals surface area contributed by atoms with Gasteiger partial charge in [-0.15, -0.1) is 0 Å². The molecule has 9 heteroatoms. The lowest BCUT2D eigenvalue weighted by Crippen LogP contribution is -2.29. The van der Waals surface area contributed by atoms with Gasteiger partial charge < -0.3 is 14.6 Å². The lowest BCUT2D eigenvalue weighted by Gasteiger charge is -2.23. The fourth-order valence-corrected chi connectivity index (χ4v) is 5.04. The average Bonchev–Trinajstić information content (AvgIpc) is 3.41. The van der Waals surface area contributed by atoms with Crippen LogP contribution in [0.15, 0.2) is 72.3 Å². The maximum absolute atomic E-state index is 13.8. The minimum atomic E-state index is -0.951. The molecule has 3 aromatic carbocycles. The van der Waals surface area contributed by atoms with Crippen LogP contribution in [0.25, 0.3) is 16.0 Å². The van der Waals surface area contributed by atoms with Gasteiger partial charge in [-0.05, 0) is 60.2 Å². The van der Waals surface area contributed by atoms with E-state index >= 15 is 0 Å². The molecule has 35 heavy (non-hydrogen) atoms. The van der Waals surface area contributed by atoms with Crippen molar-refractivity contribution in [3.8, 4) is 11.5 Å². The molecule has 1 aliphatic rings. The first kappa shape index (κ1) is 22.5. The number of carbonyl (C=O) groups is 2. The molecule has 1 saturated heterocycles. The molecule has 1 aliphatic heterocycles. The number of thiazole rings is 1. The van der Waals surface area contributed by atoms with E-state index < -0.39 is 23.5 Å². The van der Waals surface area contributed by atoms with Gasteiger partial charge in [0, 0.05) is 5.56 Å². The second-order valence-corrected chi connectivity index (χ2v) is 8.79. The summed E-state index contributed by atoms with van der Waals surface area (Å²) in [7, 11) is 3.05. The van der Waals surface area contributed by atoms with Crippen molar-refractivity contribution in [1.29, 1.82) is 0 Å². The zero-order chi connectivity index (χ0) is 24.7. The van der Waals surface area contributed by atoms with Crippen molar-refractivity contribution < 1.29 is 28.6 Å².